The second kappa shape index (κ2) is 9.74. The van der Waals surface area contributed by atoms with E-state index in [-0.39, 0.29) is 5.97 Å². The van der Waals surface area contributed by atoms with Crippen LogP contribution in [0.2, 0.25) is 0 Å². The molecule has 1 heterocycles. The summed E-state index contributed by atoms with van der Waals surface area (Å²) in [6.07, 6.45) is 4.20. The number of carbonyl (C=O) groups is 1. The van der Waals surface area contributed by atoms with E-state index in [1.807, 2.05) is 17.9 Å². The summed E-state index contributed by atoms with van der Waals surface area (Å²) in [7, 11) is 1.38. The topological polar surface area (TPSA) is 113 Å². The highest BCUT2D eigenvalue weighted by atomic mass is 16.5. The maximum Gasteiger partial charge on any atom is 0.338 e. The molecule has 0 bridgehead atoms. The fourth-order valence-electron chi connectivity index (χ4n) is 3.19. The number of hydrogen-bond acceptors (Lipinski definition) is 5. The second-order valence-electron chi connectivity index (χ2n) is 6.45. The predicted octanol–water partition coefficient (Wildman–Crippen LogP) is 2.91. The zero-order valence-electron chi connectivity index (χ0n) is 15.4. The number of esters is 1. The lowest BCUT2D eigenvalue weighted by Crippen LogP contribution is -2.42. The molecule has 0 aromatic heterocycles. The lowest BCUT2D eigenvalue weighted by Gasteiger charge is -2.32. The SMILES string of the molecule is COC(=O)c1ccc(OCCCC2CCN(C(N)=NN=N)CC2)cc1C. The van der Waals surface area contributed by atoms with Gasteiger partial charge in [0, 0.05) is 13.1 Å². The Balaban J connectivity index is 1.70. The van der Waals surface area contributed by atoms with Crippen molar-refractivity contribution < 1.29 is 14.3 Å². The Labute approximate surface area is 153 Å². The standard InChI is InChI=1S/C18H27N5O3/c1-13-12-15(5-6-16(13)17(24)25-2)26-11-3-4-14-7-9-23(10-8-14)18(19)21-22-20/h5-6,12,14H,3-4,7-11H2,1-2H3,(H3,19,20,21). The molecule has 0 amide bonds. The van der Waals surface area contributed by atoms with Crippen molar-refractivity contribution in [3.05, 3.63) is 29.3 Å². The molecule has 8 heteroatoms. The molecular formula is C18H27N5O3. The molecule has 3 N–H and O–H groups in total. The van der Waals surface area contributed by atoms with E-state index < -0.39 is 0 Å². The van der Waals surface area contributed by atoms with Gasteiger partial charge in [0.1, 0.15) is 5.75 Å². The van der Waals surface area contributed by atoms with Crippen molar-refractivity contribution in [2.45, 2.75) is 32.6 Å². The molecule has 0 unspecified atom stereocenters. The first-order valence-electron chi connectivity index (χ1n) is 8.81. The first-order chi connectivity index (χ1) is 12.5. The molecule has 0 atom stereocenters. The highest BCUT2D eigenvalue weighted by Gasteiger charge is 2.20. The predicted molar refractivity (Wildman–Crippen MR) is 98.3 cm³/mol. The molecule has 1 fully saturated rings. The molecule has 26 heavy (non-hydrogen) atoms. The molecule has 0 spiro atoms. The minimum absolute atomic E-state index is 0.326. The van der Waals surface area contributed by atoms with Crippen LogP contribution in [0.5, 0.6) is 5.75 Å². The van der Waals surface area contributed by atoms with Crippen LogP contribution < -0.4 is 10.5 Å². The second-order valence-corrected chi connectivity index (χ2v) is 6.45. The average Bonchev–Trinajstić information content (AvgIpc) is 2.65. The van der Waals surface area contributed by atoms with Crippen LogP contribution in [0.1, 0.15) is 41.6 Å². The zero-order chi connectivity index (χ0) is 18.9. The first kappa shape index (κ1) is 19.7. The number of nitrogens with one attached hydrogen (secondary N) is 1. The van der Waals surface area contributed by atoms with E-state index in [0.717, 1.165) is 50.1 Å². The monoisotopic (exact) mass is 361 g/mol. The quantitative estimate of drug-likeness (QED) is 0.194. The van der Waals surface area contributed by atoms with Crippen molar-refractivity contribution >= 4 is 11.9 Å². The average molecular weight is 361 g/mol. The van der Waals surface area contributed by atoms with Gasteiger partial charge < -0.3 is 20.1 Å². The molecule has 0 radical (unpaired) electrons. The maximum atomic E-state index is 11.6. The van der Waals surface area contributed by atoms with Crippen LogP contribution in [-0.2, 0) is 4.74 Å². The minimum Gasteiger partial charge on any atom is -0.494 e. The van der Waals surface area contributed by atoms with Gasteiger partial charge in [-0.1, -0.05) is 5.10 Å². The van der Waals surface area contributed by atoms with Gasteiger partial charge >= 0.3 is 5.97 Å². The summed E-state index contributed by atoms with van der Waals surface area (Å²) in [6, 6.07) is 5.41. The van der Waals surface area contributed by atoms with Crippen molar-refractivity contribution in [2.75, 3.05) is 26.8 Å². The Kier molecular flexibility index (Phi) is 7.37. The Morgan fingerprint density at radius 3 is 2.73 bits per heavy atom. The number of rotatable bonds is 7. The molecule has 2 rings (SSSR count). The molecule has 0 aliphatic carbocycles. The van der Waals surface area contributed by atoms with Crippen LogP contribution in [0, 0.1) is 18.4 Å². The number of likely N-dealkylation sites (tertiary alicyclic amines) is 1. The number of ether oxygens (including phenoxy) is 2. The molecule has 0 saturated carbocycles. The smallest absolute Gasteiger partial charge is 0.338 e. The minimum atomic E-state index is -0.331. The summed E-state index contributed by atoms with van der Waals surface area (Å²) in [5, 5.41) is 6.55. The fourth-order valence-corrected chi connectivity index (χ4v) is 3.19. The molecule has 1 aliphatic heterocycles. The van der Waals surface area contributed by atoms with Crippen LogP contribution >= 0.6 is 0 Å². The Hall–Kier alpha value is -2.64. The number of methoxy groups -OCH3 is 1. The number of guanidine groups is 1. The van der Waals surface area contributed by atoms with Crippen molar-refractivity contribution in [3.63, 3.8) is 0 Å². The van der Waals surface area contributed by atoms with E-state index in [4.69, 9.17) is 20.7 Å². The van der Waals surface area contributed by atoms with Crippen LogP contribution in [0.25, 0.3) is 0 Å². The Bertz CT molecular complexity index is 654. The first-order valence-corrected chi connectivity index (χ1v) is 8.81. The van der Waals surface area contributed by atoms with Gasteiger partial charge in [0.2, 0.25) is 5.96 Å². The lowest BCUT2D eigenvalue weighted by molar-refractivity contribution is 0.0600. The molecule has 8 nitrogen and oxygen atoms in total. The van der Waals surface area contributed by atoms with Gasteiger partial charge in [-0.3, -0.25) is 0 Å². The summed E-state index contributed by atoms with van der Waals surface area (Å²) >= 11 is 0. The Morgan fingerprint density at radius 1 is 1.38 bits per heavy atom. The van der Waals surface area contributed by atoms with E-state index in [1.54, 1.807) is 12.1 Å². The van der Waals surface area contributed by atoms with E-state index in [2.05, 4.69) is 10.3 Å². The number of nitrogens with zero attached hydrogens (tertiary/aromatic N) is 3. The van der Waals surface area contributed by atoms with Gasteiger partial charge in [-0.2, -0.15) is 5.53 Å². The summed E-state index contributed by atoms with van der Waals surface area (Å²) < 4.78 is 10.5. The molecule has 1 saturated heterocycles. The summed E-state index contributed by atoms with van der Waals surface area (Å²) in [6.45, 7) is 4.23. The van der Waals surface area contributed by atoms with Gasteiger partial charge in [-0.05, 0) is 67.5 Å². The van der Waals surface area contributed by atoms with Crippen LogP contribution in [0.3, 0.4) is 0 Å². The van der Waals surface area contributed by atoms with Crippen molar-refractivity contribution in [1.29, 1.82) is 5.53 Å². The van der Waals surface area contributed by atoms with E-state index in [9.17, 15) is 4.79 Å². The maximum absolute atomic E-state index is 11.6. The highest BCUT2D eigenvalue weighted by Crippen LogP contribution is 2.23. The molecule has 142 valence electrons. The molecular weight excluding hydrogens is 334 g/mol. The largest absolute Gasteiger partial charge is 0.494 e. The third kappa shape index (κ3) is 5.44. The third-order valence-electron chi connectivity index (χ3n) is 4.72. The number of carbonyl (C=O) groups excluding carboxylic acids is 1. The van der Waals surface area contributed by atoms with E-state index >= 15 is 0 Å². The molecule has 1 aliphatic rings. The normalized spacial score (nSPS) is 15.6. The van der Waals surface area contributed by atoms with Gasteiger partial charge in [0.05, 0.1) is 19.3 Å². The number of hydrogen-bond donors (Lipinski definition) is 2. The number of piperidine rings is 1. The molecule has 1 aromatic carbocycles. The van der Waals surface area contributed by atoms with Gasteiger partial charge in [-0.25, -0.2) is 4.79 Å². The van der Waals surface area contributed by atoms with Crippen LogP contribution in [0.4, 0.5) is 0 Å². The third-order valence-corrected chi connectivity index (χ3v) is 4.72. The highest BCUT2D eigenvalue weighted by molar-refractivity contribution is 5.91. The number of nitrogens with two attached hydrogens (primary N) is 1. The molecule has 1 aromatic rings. The van der Waals surface area contributed by atoms with Crippen molar-refractivity contribution in [2.24, 2.45) is 22.0 Å². The number of benzene rings is 1. The van der Waals surface area contributed by atoms with Gasteiger partial charge in [0.25, 0.3) is 0 Å². The van der Waals surface area contributed by atoms with Crippen LogP contribution in [0.15, 0.2) is 28.5 Å². The summed E-state index contributed by atoms with van der Waals surface area (Å²) in [5.74, 6) is 1.42. The Morgan fingerprint density at radius 2 is 2.12 bits per heavy atom. The fraction of sp³-hybridized carbons (Fsp3) is 0.556. The van der Waals surface area contributed by atoms with Gasteiger partial charge in [0.15, 0.2) is 0 Å². The lowest BCUT2D eigenvalue weighted by atomic mass is 9.92. The van der Waals surface area contributed by atoms with Crippen LogP contribution in [-0.4, -0.2) is 43.6 Å². The van der Waals surface area contributed by atoms with Gasteiger partial charge in [-0.15, -0.1) is 0 Å². The van der Waals surface area contributed by atoms with E-state index in [0.29, 0.717) is 24.0 Å². The summed E-state index contributed by atoms with van der Waals surface area (Å²) in [4.78, 5) is 13.6. The van der Waals surface area contributed by atoms with E-state index in [1.165, 1.54) is 7.11 Å². The summed E-state index contributed by atoms with van der Waals surface area (Å²) in [5.41, 5.74) is 13.9. The van der Waals surface area contributed by atoms with Crippen molar-refractivity contribution in [3.8, 4) is 5.75 Å². The number of aryl methyl sites for hydroxylation is 1. The zero-order valence-corrected chi connectivity index (χ0v) is 15.4. The van der Waals surface area contributed by atoms with Crippen molar-refractivity contribution in [1.82, 2.24) is 4.90 Å².